The van der Waals surface area contributed by atoms with Gasteiger partial charge in [0.25, 0.3) is 5.91 Å². The summed E-state index contributed by atoms with van der Waals surface area (Å²) >= 11 is 0. The van der Waals surface area contributed by atoms with Gasteiger partial charge < -0.3 is 31.5 Å². The van der Waals surface area contributed by atoms with Crippen LogP contribution in [0.25, 0.3) is 0 Å². The average molecular weight is 528 g/mol. The van der Waals surface area contributed by atoms with Crippen molar-refractivity contribution in [2.24, 2.45) is 23.0 Å². The number of Topliss-reactive ketones (excluding diaryl/α,β-unsaturated/α-hetero) is 2. The highest BCUT2D eigenvalue weighted by Crippen LogP contribution is 2.55. The van der Waals surface area contributed by atoms with Crippen LogP contribution < -0.4 is 11.1 Å². The number of benzene rings is 1. The van der Waals surface area contributed by atoms with E-state index in [9.17, 15) is 34.8 Å². The predicted molar refractivity (Wildman–Crippen MR) is 140 cm³/mol. The molecule has 0 spiro atoms. The van der Waals surface area contributed by atoms with Crippen molar-refractivity contribution in [3.8, 4) is 5.75 Å². The number of amides is 1. The second-order valence-electron chi connectivity index (χ2n) is 12.2. The normalized spacial score (nSPS) is 29.4. The lowest BCUT2D eigenvalue weighted by Crippen LogP contribution is -2.64. The largest absolute Gasteiger partial charge is 0.510 e. The highest BCUT2D eigenvalue weighted by atomic mass is 16.3. The summed E-state index contributed by atoms with van der Waals surface area (Å²) in [4.78, 5) is 40.9. The van der Waals surface area contributed by atoms with Gasteiger partial charge in [0.15, 0.2) is 11.4 Å². The molecule has 1 amide bonds. The number of likely N-dealkylation sites (N-methyl/N-ethyl adjacent to an activating group) is 1. The summed E-state index contributed by atoms with van der Waals surface area (Å²) in [5, 5.41) is 48.2. The second kappa shape index (κ2) is 9.21. The smallest absolute Gasteiger partial charge is 0.255 e. The Morgan fingerprint density at radius 3 is 2.37 bits per heavy atom. The summed E-state index contributed by atoms with van der Waals surface area (Å²) in [7, 11) is 3.21. The minimum Gasteiger partial charge on any atom is -0.510 e. The number of nitrogens with one attached hydrogen (secondary N) is 1. The van der Waals surface area contributed by atoms with E-state index in [0.717, 1.165) is 12.1 Å². The number of phenols is 1. The van der Waals surface area contributed by atoms with Gasteiger partial charge >= 0.3 is 0 Å². The van der Waals surface area contributed by atoms with Crippen LogP contribution >= 0.6 is 0 Å². The monoisotopic (exact) mass is 527 g/mol. The van der Waals surface area contributed by atoms with Gasteiger partial charge in [0.05, 0.1) is 11.6 Å². The number of nitrogens with two attached hydrogens (primary N) is 1. The number of phenolic OH excluding ortho intramolecular Hbond substituents is 1. The molecular formula is C28H37N3O7. The van der Waals surface area contributed by atoms with Crippen LogP contribution in [-0.2, 0) is 16.1 Å². The lowest BCUT2D eigenvalue weighted by atomic mass is 9.56. The number of hydrogen-bond donors (Lipinski definition) is 6. The number of fused-ring (bicyclic) bond motifs is 3. The van der Waals surface area contributed by atoms with Gasteiger partial charge in [0.2, 0.25) is 5.78 Å². The number of carbonyl (C=O) groups excluding carboxylic acids is 3. The van der Waals surface area contributed by atoms with Crippen LogP contribution in [0.1, 0.15) is 61.5 Å². The first-order chi connectivity index (χ1) is 17.5. The molecule has 1 aromatic carbocycles. The van der Waals surface area contributed by atoms with Crippen molar-refractivity contribution in [3.05, 3.63) is 51.5 Å². The first kappa shape index (κ1) is 27.8. The van der Waals surface area contributed by atoms with E-state index in [2.05, 4.69) is 26.1 Å². The fourth-order valence-electron chi connectivity index (χ4n) is 6.44. The zero-order valence-corrected chi connectivity index (χ0v) is 22.6. The molecular weight excluding hydrogens is 490 g/mol. The zero-order chi connectivity index (χ0) is 28.5. The summed E-state index contributed by atoms with van der Waals surface area (Å²) < 4.78 is 0. The second-order valence-corrected chi connectivity index (χ2v) is 12.2. The van der Waals surface area contributed by atoms with Crippen LogP contribution in [0.15, 0.2) is 34.8 Å². The molecule has 0 fully saturated rings. The van der Waals surface area contributed by atoms with Crippen molar-refractivity contribution < 1.29 is 34.8 Å². The van der Waals surface area contributed by atoms with Crippen LogP contribution in [0.4, 0.5) is 0 Å². The maximum Gasteiger partial charge on any atom is 0.255 e. The number of aliphatic hydroxyl groups is 3. The molecule has 3 aliphatic carbocycles. The van der Waals surface area contributed by atoms with Crippen LogP contribution in [0, 0.1) is 17.3 Å². The van der Waals surface area contributed by atoms with Gasteiger partial charge in [-0.1, -0.05) is 33.8 Å². The molecule has 0 unspecified atom stereocenters. The first-order valence-electron chi connectivity index (χ1n) is 12.7. The first-order valence-corrected chi connectivity index (χ1v) is 12.7. The van der Waals surface area contributed by atoms with Gasteiger partial charge in [-0.15, -0.1) is 0 Å². The molecule has 1 aromatic rings. The van der Waals surface area contributed by atoms with Gasteiger partial charge in [-0.25, -0.2) is 0 Å². The molecule has 0 saturated carbocycles. The minimum absolute atomic E-state index is 0.0216. The van der Waals surface area contributed by atoms with Crippen LogP contribution in [0.3, 0.4) is 0 Å². The van der Waals surface area contributed by atoms with Gasteiger partial charge in [-0.05, 0) is 55.0 Å². The molecule has 3 aliphatic rings. The van der Waals surface area contributed by atoms with E-state index in [1.165, 1.54) is 11.0 Å². The lowest BCUT2D eigenvalue weighted by Gasteiger charge is -2.51. The summed E-state index contributed by atoms with van der Waals surface area (Å²) in [6.45, 7) is 9.34. The van der Waals surface area contributed by atoms with E-state index in [1.807, 2.05) is 6.92 Å². The molecule has 0 bridgehead atoms. The molecule has 10 heteroatoms. The molecule has 7 N–H and O–H groups in total. The molecule has 0 radical (unpaired) electrons. The van der Waals surface area contributed by atoms with Crippen molar-refractivity contribution in [2.75, 3.05) is 20.6 Å². The van der Waals surface area contributed by atoms with E-state index in [4.69, 9.17) is 5.73 Å². The van der Waals surface area contributed by atoms with Crippen LogP contribution in [0.5, 0.6) is 5.75 Å². The molecule has 206 valence electrons. The number of hydrogen-bond acceptors (Lipinski definition) is 9. The minimum atomic E-state index is -2.65. The average Bonchev–Trinajstić information content (AvgIpc) is 2.79. The number of ketones is 2. The van der Waals surface area contributed by atoms with Gasteiger partial charge in [-0.3, -0.25) is 19.3 Å². The number of carbonyl (C=O) groups is 3. The van der Waals surface area contributed by atoms with Crippen molar-refractivity contribution in [3.63, 3.8) is 0 Å². The highest BCUT2D eigenvalue weighted by Gasteiger charge is 2.64. The molecule has 5 atom stereocenters. The summed E-state index contributed by atoms with van der Waals surface area (Å²) in [6.07, 6.45) is 0.0530. The molecule has 0 heterocycles. The Hall–Kier alpha value is -3.21. The Labute approximate surface area is 221 Å². The lowest BCUT2D eigenvalue weighted by molar-refractivity contribution is -0.148. The predicted octanol–water partition coefficient (Wildman–Crippen LogP) is 1.82. The number of aliphatic hydroxyl groups excluding tert-OH is 2. The van der Waals surface area contributed by atoms with E-state index in [1.54, 1.807) is 20.2 Å². The van der Waals surface area contributed by atoms with E-state index in [-0.39, 0.29) is 34.6 Å². The Morgan fingerprint density at radius 2 is 1.82 bits per heavy atom. The van der Waals surface area contributed by atoms with Crippen LogP contribution in [-0.4, -0.2) is 75.1 Å². The number of nitrogens with zero attached hydrogens (tertiary/aromatic N) is 1. The molecule has 0 aliphatic heterocycles. The molecule has 0 aromatic heterocycles. The fourth-order valence-corrected chi connectivity index (χ4v) is 6.44. The Balaban J connectivity index is 1.89. The number of primary amides is 1. The molecule has 0 saturated heterocycles. The third-order valence-electron chi connectivity index (χ3n) is 8.14. The quantitative estimate of drug-likeness (QED) is 0.312. The maximum absolute atomic E-state index is 13.8. The van der Waals surface area contributed by atoms with Gasteiger partial charge in [-0.2, -0.15) is 0 Å². The van der Waals surface area contributed by atoms with Gasteiger partial charge in [0.1, 0.15) is 22.8 Å². The SMILES string of the molecule is C[C@@H]1c2c(CNCC(C)(C)C)ccc(O)c2C(=O)C2=C(O)[C@]3(O)C(=O)C(C(N)=O)=C(O)[C@H](N(C)C)[C@@H]3C[C@@H]21. The Morgan fingerprint density at radius 1 is 1.18 bits per heavy atom. The Kier molecular flexibility index (Phi) is 6.75. The van der Waals surface area contributed by atoms with Crippen molar-refractivity contribution >= 4 is 17.5 Å². The van der Waals surface area contributed by atoms with E-state index in [0.29, 0.717) is 12.1 Å². The number of allylic oxidation sites excluding steroid dienone is 1. The van der Waals surface area contributed by atoms with E-state index < -0.39 is 58.0 Å². The third-order valence-corrected chi connectivity index (χ3v) is 8.14. The standard InChI is InChI=1S/C28H37N3O7/c1-12-14-9-15-21(31(5)6)23(34)20(26(29)37)25(36)28(15,38)24(35)18(14)22(33)19-16(32)8-7-13(17(12)19)10-30-11-27(2,3)4/h7-8,12,14-15,21,30,32,34-35,38H,9-11H2,1-6H3,(H2,29,37)/t12-,14+,15-,21+,28-/m0/s1. The molecule has 38 heavy (non-hydrogen) atoms. The van der Waals surface area contributed by atoms with Crippen LogP contribution in [0.2, 0.25) is 0 Å². The highest BCUT2D eigenvalue weighted by molar-refractivity contribution is 6.24. The summed E-state index contributed by atoms with van der Waals surface area (Å²) in [5.74, 6) is -6.95. The Bertz CT molecular complexity index is 1290. The maximum atomic E-state index is 13.8. The number of aromatic hydroxyl groups is 1. The summed E-state index contributed by atoms with van der Waals surface area (Å²) in [5.41, 5.74) is 3.27. The number of rotatable bonds is 5. The third kappa shape index (κ3) is 4.02. The molecule has 10 nitrogen and oxygen atoms in total. The van der Waals surface area contributed by atoms with Crippen molar-refractivity contribution in [1.29, 1.82) is 0 Å². The van der Waals surface area contributed by atoms with Gasteiger partial charge in [0, 0.05) is 24.6 Å². The van der Waals surface area contributed by atoms with Crippen molar-refractivity contribution in [2.45, 2.75) is 58.2 Å². The summed E-state index contributed by atoms with van der Waals surface area (Å²) in [6, 6.07) is 2.17. The topological polar surface area (TPSA) is 173 Å². The fraction of sp³-hybridized carbons (Fsp3) is 0.536. The molecule has 4 rings (SSSR count). The van der Waals surface area contributed by atoms with E-state index >= 15 is 0 Å². The van der Waals surface area contributed by atoms with Crippen molar-refractivity contribution in [1.82, 2.24) is 10.2 Å². The zero-order valence-electron chi connectivity index (χ0n) is 22.6.